The number of anilines is 1. The summed E-state index contributed by atoms with van der Waals surface area (Å²) in [7, 11) is 0. The van der Waals surface area contributed by atoms with Gasteiger partial charge in [0.2, 0.25) is 5.91 Å². The first-order valence-corrected chi connectivity index (χ1v) is 6.94. The largest absolute Gasteiger partial charge is 0.358 e. The molecular formula is C16H18N4O. The van der Waals surface area contributed by atoms with Crippen LogP contribution in [0.1, 0.15) is 22.5 Å². The smallest absolute Gasteiger partial charge is 0.230 e. The van der Waals surface area contributed by atoms with Gasteiger partial charge in [0.15, 0.2) is 5.82 Å². The van der Waals surface area contributed by atoms with Gasteiger partial charge < -0.3 is 10.3 Å². The molecule has 3 N–H and O–H groups in total. The van der Waals surface area contributed by atoms with Crippen LogP contribution in [0.5, 0.6) is 0 Å². The average Bonchev–Trinajstić information content (AvgIpc) is 2.94. The van der Waals surface area contributed by atoms with Crippen LogP contribution in [-0.4, -0.2) is 21.1 Å². The van der Waals surface area contributed by atoms with Gasteiger partial charge in [0.1, 0.15) is 0 Å². The molecule has 3 rings (SSSR count). The lowest BCUT2D eigenvalue weighted by Crippen LogP contribution is -2.15. The number of hydrogen-bond acceptors (Lipinski definition) is 2. The van der Waals surface area contributed by atoms with Gasteiger partial charge in [0, 0.05) is 27.9 Å². The van der Waals surface area contributed by atoms with Crippen LogP contribution in [0, 0.1) is 20.8 Å². The van der Waals surface area contributed by atoms with Crippen molar-refractivity contribution in [2.45, 2.75) is 27.2 Å². The molecule has 0 fully saturated rings. The Balaban J connectivity index is 1.83. The molecule has 108 valence electrons. The second-order valence-corrected chi connectivity index (χ2v) is 5.32. The molecule has 1 aromatic carbocycles. The van der Waals surface area contributed by atoms with Gasteiger partial charge in [-0.25, -0.2) is 0 Å². The zero-order chi connectivity index (χ0) is 15.0. The van der Waals surface area contributed by atoms with Gasteiger partial charge in [-0.15, -0.1) is 0 Å². The maximum absolute atomic E-state index is 12.3. The third kappa shape index (κ3) is 2.42. The predicted octanol–water partition coefficient (Wildman–Crippen LogP) is 3.00. The highest BCUT2D eigenvalue weighted by molar-refractivity contribution is 5.96. The van der Waals surface area contributed by atoms with E-state index in [0.29, 0.717) is 12.2 Å². The summed E-state index contributed by atoms with van der Waals surface area (Å²) in [4.78, 5) is 15.6. The van der Waals surface area contributed by atoms with Gasteiger partial charge in [-0.3, -0.25) is 9.89 Å². The Bertz CT molecular complexity index is 813. The van der Waals surface area contributed by atoms with E-state index in [9.17, 15) is 4.79 Å². The topological polar surface area (TPSA) is 73.6 Å². The summed E-state index contributed by atoms with van der Waals surface area (Å²) in [5, 5.41) is 10.9. The fourth-order valence-electron chi connectivity index (χ4n) is 2.51. The number of hydrogen-bond donors (Lipinski definition) is 3. The Morgan fingerprint density at radius 3 is 2.67 bits per heavy atom. The molecule has 0 aliphatic rings. The number of carbonyl (C=O) groups excluding carboxylic acids is 1. The van der Waals surface area contributed by atoms with E-state index in [4.69, 9.17) is 0 Å². The first-order valence-electron chi connectivity index (χ1n) is 6.94. The monoisotopic (exact) mass is 282 g/mol. The minimum Gasteiger partial charge on any atom is -0.358 e. The minimum atomic E-state index is -0.0579. The number of H-pyrrole nitrogens is 2. The Morgan fingerprint density at radius 2 is 1.95 bits per heavy atom. The van der Waals surface area contributed by atoms with Crippen molar-refractivity contribution < 1.29 is 4.79 Å². The van der Waals surface area contributed by atoms with Crippen LogP contribution in [-0.2, 0) is 11.2 Å². The second kappa shape index (κ2) is 5.09. The molecule has 0 radical (unpaired) electrons. The van der Waals surface area contributed by atoms with Crippen LogP contribution in [0.4, 0.5) is 5.82 Å². The second-order valence-electron chi connectivity index (χ2n) is 5.32. The maximum Gasteiger partial charge on any atom is 0.230 e. The molecule has 0 bridgehead atoms. The molecule has 2 aromatic heterocycles. The molecule has 1 amide bonds. The van der Waals surface area contributed by atoms with E-state index >= 15 is 0 Å². The zero-order valence-electron chi connectivity index (χ0n) is 12.4. The Kier molecular flexibility index (Phi) is 3.25. The van der Waals surface area contributed by atoms with Gasteiger partial charge in [-0.05, 0) is 32.4 Å². The average molecular weight is 282 g/mol. The fourth-order valence-corrected chi connectivity index (χ4v) is 2.51. The van der Waals surface area contributed by atoms with E-state index in [1.807, 2.05) is 45.0 Å². The summed E-state index contributed by atoms with van der Waals surface area (Å²) in [5.41, 5.74) is 5.06. The minimum absolute atomic E-state index is 0.0579. The van der Waals surface area contributed by atoms with Crippen molar-refractivity contribution in [1.29, 1.82) is 0 Å². The van der Waals surface area contributed by atoms with Crippen LogP contribution >= 0.6 is 0 Å². The van der Waals surface area contributed by atoms with Crippen LogP contribution in [0.15, 0.2) is 24.3 Å². The van der Waals surface area contributed by atoms with Crippen LogP contribution in [0.25, 0.3) is 10.9 Å². The summed E-state index contributed by atoms with van der Waals surface area (Å²) in [6.45, 7) is 5.86. The molecule has 2 heterocycles. The molecule has 0 aliphatic heterocycles. The normalized spacial score (nSPS) is 11.0. The van der Waals surface area contributed by atoms with E-state index in [-0.39, 0.29) is 5.91 Å². The van der Waals surface area contributed by atoms with Crippen molar-refractivity contribution in [3.8, 4) is 0 Å². The standard InChI is InChI=1S/C16H18N4O/c1-9-10(2)19-20-16(9)18-15(21)8-13-11(3)17-14-7-5-4-6-12(13)14/h4-7,17H,8H2,1-3H3,(H2,18,19,20,21). The molecule has 0 spiro atoms. The lowest BCUT2D eigenvalue weighted by molar-refractivity contribution is -0.115. The van der Waals surface area contributed by atoms with Crippen molar-refractivity contribution in [1.82, 2.24) is 15.2 Å². The lowest BCUT2D eigenvalue weighted by Gasteiger charge is -2.04. The van der Waals surface area contributed by atoms with Gasteiger partial charge in [0.25, 0.3) is 0 Å². The number of benzene rings is 1. The molecule has 5 heteroatoms. The van der Waals surface area contributed by atoms with E-state index < -0.39 is 0 Å². The van der Waals surface area contributed by atoms with Gasteiger partial charge >= 0.3 is 0 Å². The molecule has 0 aliphatic carbocycles. The molecule has 21 heavy (non-hydrogen) atoms. The van der Waals surface area contributed by atoms with E-state index in [2.05, 4.69) is 20.5 Å². The number of carbonyl (C=O) groups is 1. The number of fused-ring (bicyclic) bond motifs is 1. The Hall–Kier alpha value is -2.56. The highest BCUT2D eigenvalue weighted by Gasteiger charge is 2.14. The maximum atomic E-state index is 12.3. The number of para-hydroxylation sites is 1. The summed E-state index contributed by atoms with van der Waals surface area (Å²) < 4.78 is 0. The van der Waals surface area contributed by atoms with Crippen molar-refractivity contribution >= 4 is 22.6 Å². The molecule has 3 aromatic rings. The predicted molar refractivity (Wildman–Crippen MR) is 83.4 cm³/mol. The third-order valence-electron chi connectivity index (χ3n) is 3.88. The van der Waals surface area contributed by atoms with Crippen LogP contribution in [0.2, 0.25) is 0 Å². The number of amides is 1. The Morgan fingerprint density at radius 1 is 1.19 bits per heavy atom. The summed E-state index contributed by atoms with van der Waals surface area (Å²) in [6, 6.07) is 8.02. The highest BCUT2D eigenvalue weighted by atomic mass is 16.1. The summed E-state index contributed by atoms with van der Waals surface area (Å²) in [6.07, 6.45) is 0.335. The molecule has 0 saturated carbocycles. The van der Waals surface area contributed by atoms with Crippen molar-refractivity contribution in [2.75, 3.05) is 5.32 Å². The number of nitrogens with one attached hydrogen (secondary N) is 3. The number of aryl methyl sites for hydroxylation is 2. The van der Waals surface area contributed by atoms with E-state index in [0.717, 1.165) is 33.4 Å². The lowest BCUT2D eigenvalue weighted by atomic mass is 10.1. The van der Waals surface area contributed by atoms with Crippen molar-refractivity contribution in [3.05, 3.63) is 46.8 Å². The van der Waals surface area contributed by atoms with Crippen molar-refractivity contribution in [2.24, 2.45) is 0 Å². The fraction of sp³-hybridized carbons (Fsp3) is 0.250. The van der Waals surface area contributed by atoms with Crippen molar-refractivity contribution in [3.63, 3.8) is 0 Å². The summed E-state index contributed by atoms with van der Waals surface area (Å²) in [5.74, 6) is 0.549. The molecule has 0 atom stereocenters. The SMILES string of the molecule is Cc1[nH]nc(NC(=O)Cc2c(C)[nH]c3ccccc23)c1C. The number of nitrogens with zero attached hydrogens (tertiary/aromatic N) is 1. The van der Waals surface area contributed by atoms with Gasteiger partial charge in [-0.1, -0.05) is 18.2 Å². The number of rotatable bonds is 3. The first kappa shape index (κ1) is 13.4. The number of aromatic nitrogens is 3. The van der Waals surface area contributed by atoms with Gasteiger partial charge in [0.05, 0.1) is 6.42 Å². The molecular weight excluding hydrogens is 264 g/mol. The van der Waals surface area contributed by atoms with Gasteiger partial charge in [-0.2, -0.15) is 5.10 Å². The van der Waals surface area contributed by atoms with E-state index in [1.54, 1.807) is 0 Å². The molecule has 0 saturated heterocycles. The van der Waals surface area contributed by atoms with Crippen LogP contribution < -0.4 is 5.32 Å². The quantitative estimate of drug-likeness (QED) is 0.691. The van der Waals surface area contributed by atoms with E-state index in [1.165, 1.54) is 0 Å². The Labute approximate surface area is 122 Å². The summed E-state index contributed by atoms with van der Waals surface area (Å²) >= 11 is 0. The molecule has 0 unspecified atom stereocenters. The first-order chi connectivity index (χ1) is 10.1. The zero-order valence-corrected chi connectivity index (χ0v) is 12.4. The highest BCUT2D eigenvalue weighted by Crippen LogP contribution is 2.23. The number of aromatic amines is 2. The van der Waals surface area contributed by atoms with Crippen LogP contribution in [0.3, 0.4) is 0 Å². The third-order valence-corrected chi connectivity index (χ3v) is 3.88. The molecule has 5 nitrogen and oxygen atoms in total.